The molecule has 1 saturated carbocycles. The number of piperidine rings is 1. The zero-order valence-corrected chi connectivity index (χ0v) is 12.4. The highest BCUT2D eigenvalue weighted by Crippen LogP contribution is 2.29. The Labute approximate surface area is 125 Å². The van der Waals surface area contributed by atoms with Crippen molar-refractivity contribution in [2.45, 2.75) is 57.2 Å². The van der Waals surface area contributed by atoms with E-state index in [4.69, 9.17) is 0 Å². The molecule has 3 rings (SSSR count). The highest BCUT2D eigenvalue weighted by molar-refractivity contribution is 5.23. The molecular weight excluding hydrogens is 270 g/mol. The van der Waals surface area contributed by atoms with Gasteiger partial charge in [0.15, 0.2) is 0 Å². The van der Waals surface area contributed by atoms with Gasteiger partial charge in [-0.1, -0.05) is 30.7 Å². The minimum atomic E-state index is -2.37. The van der Waals surface area contributed by atoms with Crippen molar-refractivity contribution in [2.24, 2.45) is 0 Å². The van der Waals surface area contributed by atoms with Crippen LogP contribution in [0.3, 0.4) is 0 Å². The molecule has 0 bridgehead atoms. The monoisotopic (exact) mass is 294 g/mol. The van der Waals surface area contributed by atoms with Crippen LogP contribution in [0.1, 0.15) is 49.7 Å². The highest BCUT2D eigenvalue weighted by atomic mass is 19.3. The third kappa shape index (κ3) is 4.24. The van der Waals surface area contributed by atoms with E-state index >= 15 is 0 Å². The molecule has 2 nitrogen and oxygen atoms in total. The van der Waals surface area contributed by atoms with Gasteiger partial charge in [0.1, 0.15) is 0 Å². The predicted octanol–water partition coefficient (Wildman–Crippen LogP) is 3.73. The second kappa shape index (κ2) is 6.84. The topological polar surface area (TPSA) is 15.3 Å². The van der Waals surface area contributed by atoms with Gasteiger partial charge in [0, 0.05) is 30.7 Å². The molecule has 0 radical (unpaired) electrons. The van der Waals surface area contributed by atoms with Gasteiger partial charge in [-0.2, -0.15) is 0 Å². The Morgan fingerprint density at radius 3 is 2.43 bits per heavy atom. The van der Waals surface area contributed by atoms with Gasteiger partial charge in [-0.15, -0.1) is 0 Å². The van der Waals surface area contributed by atoms with E-state index in [0.717, 1.165) is 25.2 Å². The van der Waals surface area contributed by atoms with Gasteiger partial charge in [0.25, 0.3) is 6.43 Å². The molecule has 1 aromatic rings. The molecule has 2 fully saturated rings. The average molecular weight is 294 g/mol. The predicted molar refractivity (Wildman–Crippen MR) is 80.5 cm³/mol. The lowest BCUT2D eigenvalue weighted by atomic mass is 10.0. The van der Waals surface area contributed by atoms with E-state index in [9.17, 15) is 8.78 Å². The summed E-state index contributed by atoms with van der Waals surface area (Å²) in [6.45, 7) is 3.10. The molecule has 0 amide bonds. The lowest BCUT2D eigenvalue weighted by Crippen LogP contribution is -2.44. The van der Waals surface area contributed by atoms with Crippen LogP contribution in [0.2, 0.25) is 0 Å². The maximum Gasteiger partial charge on any atom is 0.263 e. The molecule has 0 spiro atoms. The van der Waals surface area contributed by atoms with Crippen LogP contribution < -0.4 is 5.32 Å². The van der Waals surface area contributed by atoms with Crippen LogP contribution in [-0.4, -0.2) is 30.1 Å². The van der Waals surface area contributed by atoms with Crippen molar-refractivity contribution in [1.29, 1.82) is 0 Å². The molecule has 1 saturated heterocycles. The fourth-order valence-corrected chi connectivity index (χ4v) is 3.15. The van der Waals surface area contributed by atoms with Crippen molar-refractivity contribution < 1.29 is 8.78 Å². The van der Waals surface area contributed by atoms with Crippen LogP contribution >= 0.6 is 0 Å². The van der Waals surface area contributed by atoms with Gasteiger partial charge in [-0.05, 0) is 37.8 Å². The van der Waals surface area contributed by atoms with Crippen LogP contribution in [0.5, 0.6) is 0 Å². The summed E-state index contributed by atoms with van der Waals surface area (Å²) in [7, 11) is 0. The molecule has 1 unspecified atom stereocenters. The number of rotatable bonds is 6. The molecule has 1 N–H and O–H groups in total. The van der Waals surface area contributed by atoms with Crippen LogP contribution in [-0.2, 0) is 6.54 Å². The van der Waals surface area contributed by atoms with Crippen LogP contribution in [0.4, 0.5) is 8.78 Å². The summed E-state index contributed by atoms with van der Waals surface area (Å²) in [5.74, 6) is 0. The SMILES string of the molecule is FC(F)c1ccc(CN(CC2CCCCN2)C2CC2)cc1. The largest absolute Gasteiger partial charge is 0.313 e. The number of hydrogen-bond acceptors (Lipinski definition) is 2. The smallest absolute Gasteiger partial charge is 0.263 e. The molecular formula is C17H24F2N2. The number of halogens is 2. The molecule has 1 aliphatic carbocycles. The number of nitrogens with one attached hydrogen (secondary N) is 1. The molecule has 116 valence electrons. The Hall–Kier alpha value is -1.00. The Balaban J connectivity index is 1.59. The van der Waals surface area contributed by atoms with Gasteiger partial charge in [-0.25, -0.2) is 8.78 Å². The molecule has 1 atom stereocenters. The Kier molecular flexibility index (Phi) is 4.86. The van der Waals surface area contributed by atoms with Crippen molar-refractivity contribution in [2.75, 3.05) is 13.1 Å². The number of alkyl halides is 2. The van der Waals surface area contributed by atoms with Crippen LogP contribution in [0.15, 0.2) is 24.3 Å². The van der Waals surface area contributed by atoms with Crippen molar-refractivity contribution in [3.8, 4) is 0 Å². The Morgan fingerprint density at radius 1 is 1.10 bits per heavy atom. The average Bonchev–Trinajstić information content (AvgIpc) is 3.33. The molecule has 21 heavy (non-hydrogen) atoms. The molecule has 1 heterocycles. The van der Waals surface area contributed by atoms with Crippen LogP contribution in [0, 0.1) is 0 Å². The molecule has 2 aliphatic rings. The lowest BCUT2D eigenvalue weighted by Gasteiger charge is -2.30. The zero-order chi connectivity index (χ0) is 14.7. The number of nitrogens with zero attached hydrogens (tertiary/aromatic N) is 1. The quantitative estimate of drug-likeness (QED) is 0.860. The van der Waals surface area contributed by atoms with Crippen molar-refractivity contribution >= 4 is 0 Å². The first-order valence-corrected chi connectivity index (χ1v) is 8.07. The second-order valence-corrected chi connectivity index (χ2v) is 6.35. The highest BCUT2D eigenvalue weighted by Gasteiger charge is 2.30. The summed E-state index contributed by atoms with van der Waals surface area (Å²) in [4.78, 5) is 2.53. The minimum absolute atomic E-state index is 0.116. The first kappa shape index (κ1) is 14.9. The molecule has 4 heteroatoms. The van der Waals surface area contributed by atoms with E-state index in [0.29, 0.717) is 12.1 Å². The molecule has 1 aromatic carbocycles. The van der Waals surface area contributed by atoms with E-state index < -0.39 is 6.43 Å². The van der Waals surface area contributed by atoms with Gasteiger partial charge in [0.2, 0.25) is 0 Å². The summed E-state index contributed by atoms with van der Waals surface area (Å²) in [6, 6.07) is 8.12. The normalized spacial score (nSPS) is 23.0. The van der Waals surface area contributed by atoms with Crippen molar-refractivity contribution in [3.63, 3.8) is 0 Å². The Bertz CT molecular complexity index is 437. The summed E-state index contributed by atoms with van der Waals surface area (Å²) in [6.07, 6.45) is 4.05. The maximum atomic E-state index is 12.6. The standard InChI is InChI=1S/C17H24F2N2/c18-17(19)14-6-4-13(5-7-14)11-21(16-8-9-16)12-15-3-1-2-10-20-15/h4-7,15-17,20H,1-3,8-12H2. The first-order chi connectivity index (χ1) is 10.2. The third-order valence-electron chi connectivity index (χ3n) is 4.55. The van der Waals surface area contributed by atoms with E-state index in [1.165, 1.54) is 32.1 Å². The van der Waals surface area contributed by atoms with E-state index in [2.05, 4.69) is 10.2 Å². The minimum Gasteiger partial charge on any atom is -0.313 e. The lowest BCUT2D eigenvalue weighted by molar-refractivity contribution is 0.151. The summed E-state index contributed by atoms with van der Waals surface area (Å²) in [5.41, 5.74) is 1.26. The van der Waals surface area contributed by atoms with Crippen LogP contribution in [0.25, 0.3) is 0 Å². The summed E-state index contributed by atoms with van der Waals surface area (Å²) >= 11 is 0. The molecule has 1 aliphatic heterocycles. The van der Waals surface area contributed by atoms with E-state index in [1.54, 1.807) is 12.1 Å². The van der Waals surface area contributed by atoms with Gasteiger partial charge in [0.05, 0.1) is 0 Å². The van der Waals surface area contributed by atoms with Gasteiger partial charge >= 0.3 is 0 Å². The first-order valence-electron chi connectivity index (χ1n) is 8.07. The fourth-order valence-electron chi connectivity index (χ4n) is 3.15. The number of hydrogen-bond donors (Lipinski definition) is 1. The van der Waals surface area contributed by atoms with Gasteiger partial charge in [-0.3, -0.25) is 4.90 Å². The van der Waals surface area contributed by atoms with E-state index in [1.807, 2.05) is 12.1 Å². The second-order valence-electron chi connectivity index (χ2n) is 6.35. The number of benzene rings is 1. The summed E-state index contributed by atoms with van der Waals surface area (Å²) < 4.78 is 25.2. The van der Waals surface area contributed by atoms with Crippen molar-refractivity contribution in [1.82, 2.24) is 10.2 Å². The summed E-state index contributed by atoms with van der Waals surface area (Å²) in [5, 5.41) is 3.60. The fraction of sp³-hybridized carbons (Fsp3) is 0.647. The Morgan fingerprint density at radius 2 is 1.86 bits per heavy atom. The molecule has 0 aromatic heterocycles. The zero-order valence-electron chi connectivity index (χ0n) is 12.4. The van der Waals surface area contributed by atoms with E-state index in [-0.39, 0.29) is 5.56 Å². The van der Waals surface area contributed by atoms with Crippen molar-refractivity contribution in [3.05, 3.63) is 35.4 Å². The van der Waals surface area contributed by atoms with Gasteiger partial charge < -0.3 is 5.32 Å². The third-order valence-corrected chi connectivity index (χ3v) is 4.55. The maximum absolute atomic E-state index is 12.6.